The predicted octanol–water partition coefficient (Wildman–Crippen LogP) is 3.25. The van der Waals surface area contributed by atoms with Crippen molar-refractivity contribution in [1.29, 1.82) is 0 Å². The molecule has 1 N–H and O–H groups in total. The Hall–Kier alpha value is -0.860. The SMILES string of the molecule is CCC(C)(OC)C(Cc1cc(C)cc(C)c1)NC. The topological polar surface area (TPSA) is 21.3 Å². The summed E-state index contributed by atoms with van der Waals surface area (Å²) in [6.07, 6.45) is 2.00. The van der Waals surface area contributed by atoms with Crippen molar-refractivity contribution in [3.8, 4) is 0 Å². The standard InChI is InChI=1S/C16H27NO/c1-7-16(4,18-6)15(17-5)11-14-9-12(2)8-13(3)10-14/h8-10,15,17H,7,11H2,1-6H3. The quantitative estimate of drug-likeness (QED) is 0.835. The molecule has 2 heteroatoms. The van der Waals surface area contributed by atoms with Crippen LogP contribution in [0, 0.1) is 13.8 Å². The fourth-order valence-corrected chi connectivity index (χ4v) is 2.58. The second-order valence-corrected chi connectivity index (χ2v) is 5.41. The van der Waals surface area contributed by atoms with Crippen LogP contribution in [0.3, 0.4) is 0 Å². The summed E-state index contributed by atoms with van der Waals surface area (Å²) in [6, 6.07) is 7.08. The van der Waals surface area contributed by atoms with E-state index in [1.54, 1.807) is 7.11 Å². The molecule has 0 heterocycles. The van der Waals surface area contributed by atoms with E-state index >= 15 is 0 Å². The van der Waals surface area contributed by atoms with Crippen molar-refractivity contribution in [2.75, 3.05) is 14.2 Å². The van der Waals surface area contributed by atoms with E-state index in [1.165, 1.54) is 16.7 Å². The molecule has 1 aromatic rings. The molecule has 0 spiro atoms. The molecule has 0 fully saturated rings. The fraction of sp³-hybridized carbons (Fsp3) is 0.625. The Morgan fingerprint density at radius 1 is 1.22 bits per heavy atom. The number of hydrogen-bond donors (Lipinski definition) is 1. The van der Waals surface area contributed by atoms with Crippen LogP contribution in [0.4, 0.5) is 0 Å². The average molecular weight is 249 g/mol. The van der Waals surface area contributed by atoms with E-state index in [-0.39, 0.29) is 5.60 Å². The Morgan fingerprint density at radius 2 is 1.78 bits per heavy atom. The molecule has 2 atom stereocenters. The maximum Gasteiger partial charge on any atom is 0.0803 e. The highest BCUT2D eigenvalue weighted by atomic mass is 16.5. The molecule has 2 nitrogen and oxygen atoms in total. The molecule has 0 saturated carbocycles. The second-order valence-electron chi connectivity index (χ2n) is 5.41. The van der Waals surface area contributed by atoms with Gasteiger partial charge in [0.25, 0.3) is 0 Å². The number of rotatable bonds is 6. The highest BCUT2D eigenvalue weighted by Crippen LogP contribution is 2.23. The lowest BCUT2D eigenvalue weighted by Gasteiger charge is -2.36. The lowest BCUT2D eigenvalue weighted by Crippen LogP contribution is -2.49. The molecule has 0 amide bonds. The van der Waals surface area contributed by atoms with Gasteiger partial charge in [-0.3, -0.25) is 0 Å². The van der Waals surface area contributed by atoms with Crippen LogP contribution in [-0.4, -0.2) is 25.8 Å². The number of methoxy groups -OCH3 is 1. The number of ether oxygens (including phenoxy) is 1. The van der Waals surface area contributed by atoms with Crippen molar-refractivity contribution in [2.24, 2.45) is 0 Å². The highest BCUT2D eigenvalue weighted by Gasteiger charge is 2.31. The van der Waals surface area contributed by atoms with Gasteiger partial charge in [0.15, 0.2) is 0 Å². The summed E-state index contributed by atoms with van der Waals surface area (Å²) >= 11 is 0. The van der Waals surface area contributed by atoms with E-state index < -0.39 is 0 Å². The van der Waals surface area contributed by atoms with Gasteiger partial charge in [0.1, 0.15) is 0 Å². The molecule has 2 unspecified atom stereocenters. The predicted molar refractivity (Wildman–Crippen MR) is 78.2 cm³/mol. The average Bonchev–Trinajstić information content (AvgIpc) is 2.34. The van der Waals surface area contributed by atoms with E-state index in [2.05, 4.69) is 51.2 Å². The molecule has 18 heavy (non-hydrogen) atoms. The third kappa shape index (κ3) is 3.56. The Balaban J connectivity index is 2.92. The summed E-state index contributed by atoms with van der Waals surface area (Å²) in [7, 11) is 3.82. The van der Waals surface area contributed by atoms with Crippen LogP contribution in [0.1, 0.15) is 37.0 Å². The Kier molecular flexibility index (Phi) is 5.36. The van der Waals surface area contributed by atoms with Crippen molar-refractivity contribution in [3.63, 3.8) is 0 Å². The first-order valence-electron chi connectivity index (χ1n) is 6.74. The minimum Gasteiger partial charge on any atom is -0.377 e. The second kappa shape index (κ2) is 6.35. The van der Waals surface area contributed by atoms with E-state index in [4.69, 9.17) is 4.74 Å². The molecule has 0 radical (unpaired) electrons. The van der Waals surface area contributed by atoms with Crippen LogP contribution < -0.4 is 5.32 Å². The maximum absolute atomic E-state index is 5.71. The monoisotopic (exact) mass is 249 g/mol. The van der Waals surface area contributed by atoms with Gasteiger partial charge in [0.2, 0.25) is 0 Å². The summed E-state index contributed by atoms with van der Waals surface area (Å²) < 4.78 is 5.71. The van der Waals surface area contributed by atoms with Gasteiger partial charge >= 0.3 is 0 Å². The van der Waals surface area contributed by atoms with Crippen LogP contribution >= 0.6 is 0 Å². The van der Waals surface area contributed by atoms with Crippen LogP contribution in [0.2, 0.25) is 0 Å². The van der Waals surface area contributed by atoms with Crippen molar-refractivity contribution in [3.05, 3.63) is 34.9 Å². The largest absolute Gasteiger partial charge is 0.377 e. The summed E-state index contributed by atoms with van der Waals surface area (Å²) in [5, 5.41) is 3.41. The first-order valence-corrected chi connectivity index (χ1v) is 6.74. The van der Waals surface area contributed by atoms with Gasteiger partial charge in [-0.25, -0.2) is 0 Å². The van der Waals surface area contributed by atoms with Crippen molar-refractivity contribution >= 4 is 0 Å². The van der Waals surface area contributed by atoms with Gasteiger partial charge in [0, 0.05) is 13.2 Å². The lowest BCUT2D eigenvalue weighted by atomic mass is 9.87. The molecular weight excluding hydrogens is 222 g/mol. The molecule has 102 valence electrons. The Bertz CT molecular complexity index is 362. The zero-order chi connectivity index (χ0) is 13.8. The number of hydrogen-bond acceptors (Lipinski definition) is 2. The molecule has 0 saturated heterocycles. The molecule has 1 aromatic carbocycles. The molecule has 0 aliphatic rings. The van der Waals surface area contributed by atoms with Gasteiger partial charge in [-0.2, -0.15) is 0 Å². The zero-order valence-electron chi connectivity index (χ0n) is 12.6. The number of benzene rings is 1. The van der Waals surface area contributed by atoms with E-state index in [9.17, 15) is 0 Å². The summed E-state index contributed by atoms with van der Waals surface area (Å²) in [5.41, 5.74) is 3.92. The molecule has 0 bridgehead atoms. The smallest absolute Gasteiger partial charge is 0.0803 e. The number of aryl methyl sites for hydroxylation is 2. The molecule has 0 aliphatic carbocycles. The minimum absolute atomic E-state index is 0.119. The maximum atomic E-state index is 5.71. The van der Waals surface area contributed by atoms with Crippen molar-refractivity contribution in [2.45, 2.75) is 52.2 Å². The third-order valence-corrected chi connectivity index (χ3v) is 3.98. The molecular formula is C16H27NO. The third-order valence-electron chi connectivity index (χ3n) is 3.98. The van der Waals surface area contributed by atoms with E-state index in [0.29, 0.717) is 6.04 Å². The van der Waals surface area contributed by atoms with Crippen LogP contribution in [0.5, 0.6) is 0 Å². The normalized spacial score (nSPS) is 16.3. The van der Waals surface area contributed by atoms with Crippen molar-refractivity contribution < 1.29 is 4.74 Å². The van der Waals surface area contributed by atoms with Gasteiger partial charge in [-0.1, -0.05) is 36.2 Å². The molecule has 1 rings (SSSR count). The molecule has 0 aromatic heterocycles. The summed E-state index contributed by atoms with van der Waals surface area (Å²) in [4.78, 5) is 0. The van der Waals surface area contributed by atoms with Crippen LogP contribution in [-0.2, 0) is 11.2 Å². The minimum atomic E-state index is -0.119. The fourth-order valence-electron chi connectivity index (χ4n) is 2.58. The van der Waals surface area contributed by atoms with Gasteiger partial charge in [-0.05, 0) is 46.2 Å². The zero-order valence-corrected chi connectivity index (χ0v) is 12.6. The Morgan fingerprint density at radius 3 is 2.17 bits per heavy atom. The first kappa shape index (κ1) is 15.2. The molecule has 0 aliphatic heterocycles. The number of nitrogens with one attached hydrogen (secondary N) is 1. The van der Waals surface area contributed by atoms with E-state index in [0.717, 1.165) is 12.8 Å². The van der Waals surface area contributed by atoms with Gasteiger partial charge in [-0.15, -0.1) is 0 Å². The highest BCUT2D eigenvalue weighted by molar-refractivity contribution is 5.29. The van der Waals surface area contributed by atoms with Crippen molar-refractivity contribution in [1.82, 2.24) is 5.32 Å². The van der Waals surface area contributed by atoms with Gasteiger partial charge in [0.05, 0.1) is 5.60 Å². The van der Waals surface area contributed by atoms with Crippen LogP contribution in [0.15, 0.2) is 18.2 Å². The summed E-state index contributed by atoms with van der Waals surface area (Å²) in [5.74, 6) is 0. The number of likely N-dealkylation sites (N-methyl/N-ethyl adjacent to an activating group) is 1. The van der Waals surface area contributed by atoms with Gasteiger partial charge < -0.3 is 10.1 Å². The summed E-state index contributed by atoms with van der Waals surface area (Å²) in [6.45, 7) is 8.66. The van der Waals surface area contributed by atoms with E-state index in [1.807, 2.05) is 7.05 Å². The van der Waals surface area contributed by atoms with Crippen LogP contribution in [0.25, 0.3) is 0 Å². The lowest BCUT2D eigenvalue weighted by molar-refractivity contribution is -0.0268. The first-order chi connectivity index (χ1) is 8.45. The Labute approximate surface area is 112 Å².